The van der Waals surface area contributed by atoms with E-state index in [-0.39, 0.29) is 10.6 Å². The first-order valence-electron chi connectivity index (χ1n) is 5.47. The molecular formula is C12H12Cl2FN3. The van der Waals surface area contributed by atoms with E-state index < -0.39 is 11.9 Å². The summed E-state index contributed by atoms with van der Waals surface area (Å²) in [6.45, 7) is 2.50. The molecule has 1 heterocycles. The van der Waals surface area contributed by atoms with Crippen molar-refractivity contribution in [2.75, 3.05) is 0 Å². The van der Waals surface area contributed by atoms with Crippen molar-refractivity contribution < 1.29 is 4.39 Å². The van der Waals surface area contributed by atoms with E-state index in [1.165, 1.54) is 18.3 Å². The highest BCUT2D eigenvalue weighted by molar-refractivity contribution is 6.32. The number of nitrogens with two attached hydrogens (primary N) is 1. The Morgan fingerprint density at radius 1 is 1.39 bits per heavy atom. The number of aromatic nitrogens is 2. The summed E-state index contributed by atoms with van der Waals surface area (Å²) in [5.74, 6) is -0.449. The Hall–Kier alpha value is -1.10. The zero-order valence-electron chi connectivity index (χ0n) is 9.70. The lowest BCUT2D eigenvalue weighted by Crippen LogP contribution is -2.19. The Bertz CT molecular complexity index is 548. The van der Waals surface area contributed by atoms with Gasteiger partial charge in [-0.3, -0.25) is 4.68 Å². The third-order valence-electron chi connectivity index (χ3n) is 2.74. The maximum absolute atomic E-state index is 13.8. The highest BCUT2D eigenvalue weighted by Gasteiger charge is 2.23. The Morgan fingerprint density at radius 2 is 2.11 bits per heavy atom. The fourth-order valence-electron chi connectivity index (χ4n) is 1.88. The van der Waals surface area contributed by atoms with E-state index in [1.54, 1.807) is 10.7 Å². The first-order chi connectivity index (χ1) is 8.56. The maximum Gasteiger partial charge on any atom is 0.129 e. The predicted molar refractivity (Wildman–Crippen MR) is 70.4 cm³/mol. The molecule has 0 aliphatic rings. The Morgan fingerprint density at radius 3 is 2.72 bits per heavy atom. The van der Waals surface area contributed by atoms with Gasteiger partial charge in [-0.1, -0.05) is 29.3 Å². The van der Waals surface area contributed by atoms with Gasteiger partial charge in [0.2, 0.25) is 0 Å². The van der Waals surface area contributed by atoms with Crippen molar-refractivity contribution in [3.8, 4) is 0 Å². The molecule has 0 saturated carbocycles. The third kappa shape index (κ3) is 2.23. The standard InChI is InChI=1S/C12H12Cl2FN3/c1-2-18-12(8(14)6-17-18)11(16)10-7(13)4-3-5-9(10)15/h3-6,11H,2,16H2,1H3. The minimum absolute atomic E-state index is 0.233. The number of nitrogens with zero attached hydrogens (tertiary/aromatic N) is 2. The van der Waals surface area contributed by atoms with Crippen molar-refractivity contribution in [2.24, 2.45) is 5.73 Å². The molecule has 0 aliphatic heterocycles. The first kappa shape index (κ1) is 13.3. The van der Waals surface area contributed by atoms with Gasteiger partial charge in [-0.15, -0.1) is 0 Å². The van der Waals surface area contributed by atoms with Gasteiger partial charge in [-0.2, -0.15) is 5.10 Å². The molecule has 1 atom stereocenters. The van der Waals surface area contributed by atoms with Crippen LogP contribution in [0.5, 0.6) is 0 Å². The molecule has 0 amide bonds. The zero-order valence-corrected chi connectivity index (χ0v) is 11.2. The van der Waals surface area contributed by atoms with Gasteiger partial charge in [0.1, 0.15) is 5.82 Å². The van der Waals surface area contributed by atoms with Crippen LogP contribution in [0.4, 0.5) is 4.39 Å². The molecular weight excluding hydrogens is 276 g/mol. The van der Waals surface area contributed by atoms with Crippen molar-refractivity contribution in [3.05, 3.63) is 51.5 Å². The summed E-state index contributed by atoms with van der Waals surface area (Å²) >= 11 is 12.0. The number of rotatable bonds is 3. The van der Waals surface area contributed by atoms with E-state index in [1.807, 2.05) is 6.92 Å². The molecule has 0 spiro atoms. The molecule has 0 saturated heterocycles. The maximum atomic E-state index is 13.8. The van der Waals surface area contributed by atoms with E-state index >= 15 is 0 Å². The van der Waals surface area contributed by atoms with Gasteiger partial charge in [-0.25, -0.2) is 4.39 Å². The minimum atomic E-state index is -0.742. The lowest BCUT2D eigenvalue weighted by Gasteiger charge is -2.16. The average Bonchev–Trinajstić information content (AvgIpc) is 2.70. The van der Waals surface area contributed by atoms with Crippen molar-refractivity contribution in [1.82, 2.24) is 9.78 Å². The van der Waals surface area contributed by atoms with Crippen LogP contribution in [0.1, 0.15) is 24.2 Å². The van der Waals surface area contributed by atoms with Crippen LogP contribution in [0.25, 0.3) is 0 Å². The monoisotopic (exact) mass is 287 g/mol. The summed E-state index contributed by atoms with van der Waals surface area (Å²) in [5, 5.41) is 4.77. The van der Waals surface area contributed by atoms with Gasteiger partial charge < -0.3 is 5.73 Å². The van der Waals surface area contributed by atoms with Gasteiger partial charge in [0.05, 0.1) is 23.0 Å². The van der Waals surface area contributed by atoms with Crippen LogP contribution < -0.4 is 5.73 Å². The van der Waals surface area contributed by atoms with Crippen LogP contribution in [-0.4, -0.2) is 9.78 Å². The van der Waals surface area contributed by atoms with Gasteiger partial charge in [0.15, 0.2) is 0 Å². The molecule has 2 aromatic rings. The molecule has 18 heavy (non-hydrogen) atoms. The molecule has 3 nitrogen and oxygen atoms in total. The molecule has 0 radical (unpaired) electrons. The summed E-state index contributed by atoms with van der Waals surface area (Å²) < 4.78 is 15.5. The van der Waals surface area contributed by atoms with Crippen LogP contribution in [0, 0.1) is 5.82 Å². The molecule has 1 aromatic heterocycles. The van der Waals surface area contributed by atoms with Crippen molar-refractivity contribution in [2.45, 2.75) is 19.5 Å². The largest absolute Gasteiger partial charge is 0.319 e. The van der Waals surface area contributed by atoms with Gasteiger partial charge in [0, 0.05) is 17.1 Å². The van der Waals surface area contributed by atoms with Gasteiger partial charge >= 0.3 is 0 Å². The third-order valence-corrected chi connectivity index (χ3v) is 3.36. The Labute approximate surface area is 114 Å². The van der Waals surface area contributed by atoms with E-state index in [4.69, 9.17) is 28.9 Å². The van der Waals surface area contributed by atoms with Crippen molar-refractivity contribution >= 4 is 23.2 Å². The van der Waals surface area contributed by atoms with Crippen LogP contribution in [0.15, 0.2) is 24.4 Å². The van der Waals surface area contributed by atoms with E-state index in [9.17, 15) is 4.39 Å². The van der Waals surface area contributed by atoms with Crippen molar-refractivity contribution in [3.63, 3.8) is 0 Å². The second kappa shape index (κ2) is 5.26. The predicted octanol–water partition coefficient (Wildman–Crippen LogP) is 3.40. The first-order valence-corrected chi connectivity index (χ1v) is 6.22. The number of aryl methyl sites for hydroxylation is 1. The molecule has 0 aliphatic carbocycles. The highest BCUT2D eigenvalue weighted by atomic mass is 35.5. The minimum Gasteiger partial charge on any atom is -0.319 e. The molecule has 2 N–H and O–H groups in total. The summed E-state index contributed by atoms with van der Waals surface area (Å²) in [7, 11) is 0. The Kier molecular flexibility index (Phi) is 3.90. The fourth-order valence-corrected chi connectivity index (χ4v) is 2.42. The molecule has 0 fully saturated rings. The number of hydrogen-bond acceptors (Lipinski definition) is 2. The average molecular weight is 288 g/mol. The molecule has 96 valence electrons. The topological polar surface area (TPSA) is 43.8 Å². The highest BCUT2D eigenvalue weighted by Crippen LogP contribution is 2.32. The summed E-state index contributed by atoms with van der Waals surface area (Å²) in [5.41, 5.74) is 6.86. The number of hydrogen-bond donors (Lipinski definition) is 1. The molecule has 2 rings (SSSR count). The summed E-state index contributed by atoms with van der Waals surface area (Å²) in [4.78, 5) is 0. The number of halogens is 3. The molecule has 6 heteroatoms. The molecule has 0 bridgehead atoms. The lowest BCUT2D eigenvalue weighted by molar-refractivity contribution is 0.568. The van der Waals surface area contributed by atoms with Gasteiger partial charge in [0.25, 0.3) is 0 Å². The lowest BCUT2D eigenvalue weighted by atomic mass is 10.0. The molecule has 1 unspecified atom stereocenters. The van der Waals surface area contributed by atoms with E-state index in [0.29, 0.717) is 17.3 Å². The van der Waals surface area contributed by atoms with E-state index in [2.05, 4.69) is 5.10 Å². The van der Waals surface area contributed by atoms with Crippen LogP contribution in [-0.2, 0) is 6.54 Å². The second-order valence-corrected chi connectivity index (χ2v) is 4.62. The van der Waals surface area contributed by atoms with Crippen molar-refractivity contribution in [1.29, 1.82) is 0 Å². The fraction of sp³-hybridized carbons (Fsp3) is 0.250. The smallest absolute Gasteiger partial charge is 0.129 e. The summed E-state index contributed by atoms with van der Waals surface area (Å²) in [6, 6.07) is 3.71. The van der Waals surface area contributed by atoms with E-state index in [0.717, 1.165) is 0 Å². The Balaban J connectivity index is 2.54. The normalized spacial score (nSPS) is 12.7. The summed E-state index contributed by atoms with van der Waals surface area (Å²) in [6.07, 6.45) is 1.50. The zero-order chi connectivity index (χ0) is 13.3. The van der Waals surface area contributed by atoms with Gasteiger partial charge in [-0.05, 0) is 19.1 Å². The number of benzene rings is 1. The molecule has 1 aromatic carbocycles. The van der Waals surface area contributed by atoms with Crippen LogP contribution >= 0.6 is 23.2 Å². The SMILES string of the molecule is CCn1ncc(Cl)c1C(N)c1c(F)cccc1Cl. The second-order valence-electron chi connectivity index (χ2n) is 3.81. The van der Waals surface area contributed by atoms with Crippen LogP contribution in [0.2, 0.25) is 10.0 Å². The quantitative estimate of drug-likeness (QED) is 0.940. The van der Waals surface area contributed by atoms with Crippen LogP contribution in [0.3, 0.4) is 0 Å².